The Labute approximate surface area is 141 Å². The molecule has 1 heterocycles. The number of aromatic nitrogens is 2. The average Bonchev–Trinajstić information content (AvgIpc) is 3.00. The Hall–Kier alpha value is -2.64. The van der Waals surface area contributed by atoms with Crippen molar-refractivity contribution < 1.29 is 8.42 Å². The van der Waals surface area contributed by atoms with Gasteiger partial charge in [0.15, 0.2) is 5.82 Å². The maximum Gasteiger partial charge on any atom is 0.240 e. The molecule has 0 spiro atoms. The highest BCUT2D eigenvalue weighted by atomic mass is 32.2. The van der Waals surface area contributed by atoms with Crippen molar-refractivity contribution in [2.24, 2.45) is 5.14 Å². The van der Waals surface area contributed by atoms with E-state index in [1.807, 2.05) is 55.4 Å². The summed E-state index contributed by atoms with van der Waals surface area (Å²) >= 11 is 0. The van der Waals surface area contributed by atoms with Crippen molar-refractivity contribution in [3.63, 3.8) is 0 Å². The van der Waals surface area contributed by atoms with E-state index in [0.717, 1.165) is 17.1 Å². The molecule has 0 saturated heterocycles. The summed E-state index contributed by atoms with van der Waals surface area (Å²) in [6.45, 7) is 0. The quantitative estimate of drug-likeness (QED) is 0.788. The highest BCUT2D eigenvalue weighted by Crippen LogP contribution is 2.29. The molecule has 0 unspecified atom stereocenters. The van der Waals surface area contributed by atoms with Crippen LogP contribution in [0, 0.1) is 0 Å². The van der Waals surface area contributed by atoms with E-state index in [4.69, 9.17) is 5.14 Å². The van der Waals surface area contributed by atoms with Gasteiger partial charge in [-0.25, -0.2) is 18.2 Å². The minimum absolute atomic E-state index is 0.0376. The smallest absolute Gasteiger partial charge is 0.240 e. The maximum absolute atomic E-state index is 11.9. The van der Waals surface area contributed by atoms with E-state index in [1.54, 1.807) is 22.9 Å². The Morgan fingerprint density at radius 2 is 1.62 bits per heavy atom. The van der Waals surface area contributed by atoms with Gasteiger partial charge in [-0.2, -0.15) is 0 Å². The van der Waals surface area contributed by atoms with Gasteiger partial charge in [0.1, 0.15) is 4.90 Å². The van der Waals surface area contributed by atoms with Crippen molar-refractivity contribution in [3.05, 3.63) is 60.7 Å². The van der Waals surface area contributed by atoms with Crippen molar-refractivity contribution in [1.82, 2.24) is 9.78 Å². The molecule has 0 radical (unpaired) electrons. The number of hydrogen-bond donors (Lipinski definition) is 1. The fourth-order valence-electron chi connectivity index (χ4n) is 2.46. The second kappa shape index (κ2) is 6.10. The van der Waals surface area contributed by atoms with Crippen LogP contribution >= 0.6 is 0 Å². The fraction of sp³-hybridized carbons (Fsp3) is 0.118. The van der Waals surface area contributed by atoms with Gasteiger partial charge in [-0.05, 0) is 12.1 Å². The van der Waals surface area contributed by atoms with E-state index < -0.39 is 10.0 Å². The lowest BCUT2D eigenvalue weighted by Gasteiger charge is -2.11. The molecule has 124 valence electrons. The molecule has 1 aromatic heterocycles. The summed E-state index contributed by atoms with van der Waals surface area (Å²) in [6, 6.07) is 18.2. The van der Waals surface area contributed by atoms with Gasteiger partial charge < -0.3 is 4.90 Å². The summed E-state index contributed by atoms with van der Waals surface area (Å²) in [5, 5.41) is 9.92. The van der Waals surface area contributed by atoms with E-state index in [-0.39, 0.29) is 4.90 Å². The highest BCUT2D eigenvalue weighted by Gasteiger charge is 2.19. The van der Waals surface area contributed by atoms with Crippen molar-refractivity contribution in [1.29, 1.82) is 0 Å². The molecule has 0 amide bonds. The standard InChI is InChI=1S/C17H18N4O2S/c1-20(2)17-12-15(13-8-4-3-5-9-13)21(19-17)14-10-6-7-11-16(14)24(18,22)23/h3-12H,1-2H3,(H2,18,22,23). The number of para-hydroxylation sites is 1. The SMILES string of the molecule is CN(C)c1cc(-c2ccccc2)n(-c2ccccc2S(N)(=O)=O)n1. The van der Waals surface area contributed by atoms with Gasteiger partial charge in [0, 0.05) is 25.7 Å². The van der Waals surface area contributed by atoms with Gasteiger partial charge in [0.2, 0.25) is 10.0 Å². The predicted molar refractivity (Wildman–Crippen MR) is 94.7 cm³/mol. The van der Waals surface area contributed by atoms with Crippen molar-refractivity contribution in [3.8, 4) is 16.9 Å². The number of nitrogens with two attached hydrogens (primary N) is 1. The number of rotatable bonds is 4. The molecule has 6 nitrogen and oxygen atoms in total. The van der Waals surface area contributed by atoms with Crippen LogP contribution in [-0.2, 0) is 10.0 Å². The van der Waals surface area contributed by atoms with Crippen LogP contribution in [0.25, 0.3) is 16.9 Å². The molecular weight excluding hydrogens is 324 g/mol. The van der Waals surface area contributed by atoms with Gasteiger partial charge in [-0.1, -0.05) is 42.5 Å². The highest BCUT2D eigenvalue weighted by molar-refractivity contribution is 7.89. The first kappa shape index (κ1) is 16.2. The van der Waals surface area contributed by atoms with Gasteiger partial charge in [0.05, 0.1) is 11.4 Å². The summed E-state index contributed by atoms with van der Waals surface area (Å²) in [6.07, 6.45) is 0. The zero-order valence-corrected chi connectivity index (χ0v) is 14.2. The first-order valence-electron chi connectivity index (χ1n) is 7.33. The number of sulfonamides is 1. The number of nitrogens with zero attached hydrogens (tertiary/aromatic N) is 3. The summed E-state index contributed by atoms with van der Waals surface area (Å²) in [4.78, 5) is 1.90. The summed E-state index contributed by atoms with van der Waals surface area (Å²) < 4.78 is 25.5. The van der Waals surface area contributed by atoms with E-state index in [0.29, 0.717) is 5.69 Å². The Morgan fingerprint density at radius 1 is 1.00 bits per heavy atom. The number of primary sulfonamides is 1. The monoisotopic (exact) mass is 342 g/mol. The molecule has 0 bridgehead atoms. The normalized spacial score (nSPS) is 11.5. The number of benzene rings is 2. The minimum atomic E-state index is -3.87. The molecule has 0 aliphatic rings. The third-order valence-electron chi connectivity index (χ3n) is 3.62. The maximum atomic E-state index is 11.9. The third kappa shape index (κ3) is 3.04. The van der Waals surface area contributed by atoms with Crippen molar-refractivity contribution in [2.75, 3.05) is 19.0 Å². The molecule has 3 rings (SSSR count). The molecule has 0 atom stereocenters. The molecule has 0 saturated carbocycles. The van der Waals surface area contributed by atoms with Gasteiger partial charge in [-0.15, -0.1) is 5.10 Å². The molecule has 0 aliphatic heterocycles. The summed E-state index contributed by atoms with van der Waals surface area (Å²) in [5.41, 5.74) is 2.14. The Balaban J connectivity index is 2.30. The van der Waals surface area contributed by atoms with Crippen LogP contribution in [0.4, 0.5) is 5.82 Å². The predicted octanol–water partition coefficient (Wildman–Crippen LogP) is 2.25. The fourth-order valence-corrected chi connectivity index (χ4v) is 3.17. The van der Waals surface area contributed by atoms with E-state index in [1.165, 1.54) is 6.07 Å². The van der Waals surface area contributed by atoms with Crippen LogP contribution in [0.5, 0.6) is 0 Å². The molecule has 24 heavy (non-hydrogen) atoms. The van der Waals surface area contributed by atoms with Crippen LogP contribution in [0.2, 0.25) is 0 Å². The van der Waals surface area contributed by atoms with Gasteiger partial charge in [0.25, 0.3) is 0 Å². The Kier molecular flexibility index (Phi) is 4.13. The molecule has 0 aliphatic carbocycles. The Morgan fingerprint density at radius 3 is 2.25 bits per heavy atom. The molecule has 2 N–H and O–H groups in total. The average molecular weight is 342 g/mol. The van der Waals surface area contributed by atoms with E-state index >= 15 is 0 Å². The molecule has 0 fully saturated rings. The molecule has 7 heteroatoms. The third-order valence-corrected chi connectivity index (χ3v) is 4.58. The lowest BCUT2D eigenvalue weighted by molar-refractivity contribution is 0.596. The summed E-state index contributed by atoms with van der Waals surface area (Å²) in [5.74, 6) is 0.720. The van der Waals surface area contributed by atoms with Crippen molar-refractivity contribution >= 4 is 15.8 Å². The van der Waals surface area contributed by atoms with Crippen LogP contribution in [-0.4, -0.2) is 32.3 Å². The second-order valence-electron chi connectivity index (χ2n) is 5.57. The topological polar surface area (TPSA) is 81.2 Å². The number of anilines is 1. The first-order chi connectivity index (χ1) is 11.4. The Bertz CT molecular complexity index is 963. The largest absolute Gasteiger partial charge is 0.361 e. The van der Waals surface area contributed by atoms with E-state index in [9.17, 15) is 8.42 Å². The molecule has 2 aromatic carbocycles. The lowest BCUT2D eigenvalue weighted by Crippen LogP contribution is -2.16. The van der Waals surface area contributed by atoms with E-state index in [2.05, 4.69) is 5.10 Å². The second-order valence-corrected chi connectivity index (χ2v) is 7.10. The van der Waals surface area contributed by atoms with Gasteiger partial charge >= 0.3 is 0 Å². The number of hydrogen-bond acceptors (Lipinski definition) is 4. The van der Waals surface area contributed by atoms with Crippen LogP contribution in [0.1, 0.15) is 0 Å². The zero-order valence-electron chi connectivity index (χ0n) is 13.4. The molecular formula is C17H18N4O2S. The van der Waals surface area contributed by atoms with Crippen LogP contribution in [0.3, 0.4) is 0 Å². The summed E-state index contributed by atoms with van der Waals surface area (Å²) in [7, 11) is -0.102. The van der Waals surface area contributed by atoms with Crippen molar-refractivity contribution in [2.45, 2.75) is 4.90 Å². The van der Waals surface area contributed by atoms with Crippen LogP contribution < -0.4 is 10.0 Å². The van der Waals surface area contributed by atoms with Gasteiger partial charge in [-0.3, -0.25) is 0 Å². The van der Waals surface area contributed by atoms with Crippen LogP contribution in [0.15, 0.2) is 65.6 Å². The molecule has 3 aromatic rings. The zero-order chi connectivity index (χ0) is 17.3. The minimum Gasteiger partial charge on any atom is -0.361 e. The lowest BCUT2D eigenvalue weighted by atomic mass is 10.1. The first-order valence-corrected chi connectivity index (χ1v) is 8.87.